The molecule has 0 heterocycles. The van der Waals surface area contributed by atoms with E-state index in [1.165, 1.54) is 13.2 Å². The highest BCUT2D eigenvalue weighted by molar-refractivity contribution is 6.60. The quantitative estimate of drug-likeness (QED) is 0.245. The Bertz CT molecular complexity index is 514. The molecule has 0 unspecified atom stereocenters. The SMILES string of the molecule is COc1ccc([N+](=O)[O-])c(COCCCC[Si](OC)(OC)OC)c1. The van der Waals surface area contributed by atoms with Crippen LogP contribution in [-0.4, -0.2) is 48.8 Å². The van der Waals surface area contributed by atoms with Crippen LogP contribution in [0.15, 0.2) is 18.2 Å². The zero-order valence-electron chi connectivity index (χ0n) is 14.6. The van der Waals surface area contributed by atoms with Crippen molar-refractivity contribution in [3.8, 4) is 5.75 Å². The van der Waals surface area contributed by atoms with Crippen LogP contribution in [0, 0.1) is 10.1 Å². The summed E-state index contributed by atoms with van der Waals surface area (Å²) in [5.41, 5.74) is 0.522. The predicted octanol–water partition coefficient (Wildman–Crippen LogP) is 2.78. The molecule has 1 rings (SSSR count). The van der Waals surface area contributed by atoms with Crippen molar-refractivity contribution in [3.05, 3.63) is 33.9 Å². The van der Waals surface area contributed by atoms with Gasteiger partial charge in [-0.1, -0.05) is 0 Å². The molecule has 0 saturated carbocycles. The molecule has 0 aliphatic heterocycles. The summed E-state index contributed by atoms with van der Waals surface area (Å²) in [7, 11) is 3.72. The predicted molar refractivity (Wildman–Crippen MR) is 90.1 cm³/mol. The minimum atomic E-state index is -2.54. The third-order valence-electron chi connectivity index (χ3n) is 3.70. The van der Waals surface area contributed by atoms with E-state index in [1.54, 1.807) is 33.5 Å². The van der Waals surface area contributed by atoms with E-state index >= 15 is 0 Å². The molecule has 1 aromatic carbocycles. The van der Waals surface area contributed by atoms with E-state index in [0.717, 1.165) is 12.8 Å². The maximum atomic E-state index is 11.0. The van der Waals surface area contributed by atoms with Gasteiger partial charge < -0.3 is 22.8 Å². The van der Waals surface area contributed by atoms with Crippen LogP contribution in [0.4, 0.5) is 5.69 Å². The van der Waals surface area contributed by atoms with E-state index in [4.69, 9.17) is 22.8 Å². The maximum absolute atomic E-state index is 11.0. The summed E-state index contributed by atoms with van der Waals surface area (Å²) < 4.78 is 26.7. The van der Waals surface area contributed by atoms with Crippen LogP contribution < -0.4 is 4.74 Å². The third kappa shape index (κ3) is 5.84. The lowest BCUT2D eigenvalue weighted by Crippen LogP contribution is -2.42. The molecule has 0 aliphatic rings. The third-order valence-corrected chi connectivity index (χ3v) is 6.53. The van der Waals surface area contributed by atoms with Crippen molar-refractivity contribution < 1.29 is 27.7 Å². The summed E-state index contributed by atoms with van der Waals surface area (Å²) in [6.45, 7) is 0.644. The number of nitro groups is 1. The molecular formula is C15H25NO7Si. The summed E-state index contributed by atoms with van der Waals surface area (Å²) in [4.78, 5) is 10.6. The molecule has 0 aliphatic carbocycles. The lowest BCUT2D eigenvalue weighted by Gasteiger charge is -2.24. The summed E-state index contributed by atoms with van der Waals surface area (Å²) in [5.74, 6) is 0.565. The van der Waals surface area contributed by atoms with Crippen molar-refractivity contribution in [3.63, 3.8) is 0 Å². The topological polar surface area (TPSA) is 89.3 Å². The minimum absolute atomic E-state index is 0.0281. The molecular weight excluding hydrogens is 334 g/mol. The van der Waals surface area contributed by atoms with Crippen LogP contribution in [0.1, 0.15) is 18.4 Å². The van der Waals surface area contributed by atoms with Crippen LogP contribution >= 0.6 is 0 Å². The van der Waals surface area contributed by atoms with Crippen LogP contribution in [0.25, 0.3) is 0 Å². The van der Waals surface area contributed by atoms with Gasteiger partial charge in [0.1, 0.15) is 5.75 Å². The summed E-state index contributed by atoms with van der Waals surface area (Å²) in [6, 6.07) is 5.30. The lowest BCUT2D eigenvalue weighted by molar-refractivity contribution is -0.386. The lowest BCUT2D eigenvalue weighted by atomic mass is 10.2. The monoisotopic (exact) mass is 359 g/mol. The molecule has 136 valence electrons. The highest BCUT2D eigenvalue weighted by Gasteiger charge is 2.36. The number of nitrogens with zero attached hydrogens (tertiary/aromatic N) is 1. The standard InChI is InChI=1S/C15H25NO7Si/c1-19-14-7-8-15(16(17)18)13(11-14)12-23-9-5-6-10-24(20-2,21-3)22-4/h7-8,11H,5-6,9-10,12H2,1-4H3. The molecule has 0 N–H and O–H groups in total. The van der Waals surface area contributed by atoms with Crippen molar-refractivity contribution in [2.45, 2.75) is 25.5 Å². The second-order valence-corrected chi connectivity index (χ2v) is 8.15. The molecule has 1 aromatic rings. The Kier molecular flexibility index (Phi) is 8.86. The first-order valence-electron chi connectivity index (χ1n) is 7.56. The summed E-state index contributed by atoms with van der Waals surface area (Å²) >= 11 is 0. The fourth-order valence-corrected chi connectivity index (χ4v) is 4.06. The molecule has 0 fully saturated rings. The van der Waals surface area contributed by atoms with Gasteiger partial charge in [-0.15, -0.1) is 0 Å². The molecule has 0 saturated heterocycles. The summed E-state index contributed by atoms with van der Waals surface area (Å²) in [5, 5.41) is 11.0. The number of nitro benzene ring substituents is 1. The van der Waals surface area contributed by atoms with E-state index in [-0.39, 0.29) is 12.3 Å². The van der Waals surface area contributed by atoms with Crippen LogP contribution in [-0.2, 0) is 24.6 Å². The van der Waals surface area contributed by atoms with E-state index in [0.29, 0.717) is 24.0 Å². The molecule has 0 spiro atoms. The van der Waals surface area contributed by atoms with E-state index in [1.807, 2.05) is 0 Å². The highest BCUT2D eigenvalue weighted by atomic mass is 28.4. The maximum Gasteiger partial charge on any atom is 0.500 e. The fourth-order valence-electron chi connectivity index (χ4n) is 2.27. The molecule has 0 bridgehead atoms. The Morgan fingerprint density at radius 1 is 1.08 bits per heavy atom. The van der Waals surface area contributed by atoms with Crippen LogP contribution in [0.3, 0.4) is 0 Å². The van der Waals surface area contributed by atoms with Gasteiger partial charge in [0.2, 0.25) is 0 Å². The Labute approximate surface area is 143 Å². The summed E-state index contributed by atoms with van der Waals surface area (Å²) in [6.07, 6.45) is 1.60. The van der Waals surface area contributed by atoms with Gasteiger partial charge in [-0.25, -0.2) is 0 Å². The normalized spacial score (nSPS) is 11.5. The average molecular weight is 359 g/mol. The van der Waals surface area contributed by atoms with Gasteiger partial charge in [-0.3, -0.25) is 10.1 Å². The Morgan fingerprint density at radius 3 is 2.29 bits per heavy atom. The Hall–Kier alpha value is -1.52. The van der Waals surface area contributed by atoms with Gasteiger partial charge in [0.05, 0.1) is 24.2 Å². The first-order chi connectivity index (χ1) is 11.5. The van der Waals surface area contributed by atoms with E-state index < -0.39 is 13.7 Å². The number of unbranched alkanes of at least 4 members (excludes halogenated alkanes) is 1. The second kappa shape index (κ2) is 10.4. The first-order valence-corrected chi connectivity index (χ1v) is 9.49. The van der Waals surface area contributed by atoms with Crippen molar-refractivity contribution >= 4 is 14.5 Å². The van der Waals surface area contributed by atoms with E-state index in [9.17, 15) is 10.1 Å². The number of ether oxygens (including phenoxy) is 2. The number of benzene rings is 1. The van der Waals surface area contributed by atoms with Crippen molar-refractivity contribution in [2.75, 3.05) is 35.0 Å². The Balaban J connectivity index is 2.44. The fraction of sp³-hybridized carbons (Fsp3) is 0.600. The van der Waals surface area contributed by atoms with Gasteiger partial charge >= 0.3 is 8.80 Å². The van der Waals surface area contributed by atoms with Crippen LogP contribution in [0.5, 0.6) is 5.75 Å². The Morgan fingerprint density at radius 2 is 1.75 bits per heavy atom. The molecule has 8 nitrogen and oxygen atoms in total. The van der Waals surface area contributed by atoms with Gasteiger partial charge in [-0.2, -0.15) is 0 Å². The van der Waals surface area contributed by atoms with Crippen molar-refractivity contribution in [1.82, 2.24) is 0 Å². The van der Waals surface area contributed by atoms with Gasteiger partial charge in [0.25, 0.3) is 5.69 Å². The zero-order valence-corrected chi connectivity index (χ0v) is 15.6. The minimum Gasteiger partial charge on any atom is -0.497 e. The number of hydrogen-bond acceptors (Lipinski definition) is 7. The molecule has 9 heteroatoms. The zero-order chi connectivity index (χ0) is 18.0. The molecule has 24 heavy (non-hydrogen) atoms. The van der Waals surface area contributed by atoms with Crippen LogP contribution in [0.2, 0.25) is 6.04 Å². The van der Waals surface area contributed by atoms with Crippen molar-refractivity contribution in [2.24, 2.45) is 0 Å². The molecule has 0 amide bonds. The highest BCUT2D eigenvalue weighted by Crippen LogP contribution is 2.25. The van der Waals surface area contributed by atoms with Gasteiger partial charge in [0, 0.05) is 40.0 Å². The second-order valence-electron chi connectivity index (χ2n) is 5.06. The van der Waals surface area contributed by atoms with Gasteiger partial charge in [0.15, 0.2) is 0 Å². The smallest absolute Gasteiger partial charge is 0.497 e. The molecule has 0 atom stereocenters. The number of rotatable bonds is 12. The van der Waals surface area contributed by atoms with E-state index in [2.05, 4.69) is 0 Å². The number of methoxy groups -OCH3 is 1. The molecule has 0 radical (unpaired) electrons. The first kappa shape index (κ1) is 20.5. The van der Waals surface area contributed by atoms with Crippen molar-refractivity contribution in [1.29, 1.82) is 0 Å². The average Bonchev–Trinajstić information content (AvgIpc) is 2.61. The largest absolute Gasteiger partial charge is 0.500 e. The van der Waals surface area contributed by atoms with Gasteiger partial charge in [-0.05, 0) is 25.0 Å². The number of hydrogen-bond donors (Lipinski definition) is 0. The molecule has 0 aromatic heterocycles.